The van der Waals surface area contributed by atoms with E-state index < -0.39 is 0 Å². The fourth-order valence-corrected chi connectivity index (χ4v) is 3.22. The van der Waals surface area contributed by atoms with E-state index in [2.05, 4.69) is 18.9 Å². The van der Waals surface area contributed by atoms with E-state index in [1.165, 1.54) is 38.0 Å². The summed E-state index contributed by atoms with van der Waals surface area (Å²) in [4.78, 5) is 2.53. The maximum atomic E-state index is 5.89. The first-order valence-electron chi connectivity index (χ1n) is 6.27. The van der Waals surface area contributed by atoms with Crippen molar-refractivity contribution >= 4 is 11.8 Å². The van der Waals surface area contributed by atoms with E-state index in [1.807, 2.05) is 11.8 Å². The van der Waals surface area contributed by atoms with Crippen LogP contribution in [0.2, 0.25) is 0 Å². The third-order valence-electron chi connectivity index (χ3n) is 3.37. The Hall–Kier alpha value is 0.270. The number of likely N-dealkylation sites (tertiary alicyclic amines) is 1. The maximum absolute atomic E-state index is 5.89. The van der Waals surface area contributed by atoms with Gasteiger partial charge in [0.15, 0.2) is 0 Å². The number of piperidine rings is 1. The minimum absolute atomic E-state index is 0.402. The lowest BCUT2D eigenvalue weighted by Crippen LogP contribution is -2.36. The van der Waals surface area contributed by atoms with Crippen molar-refractivity contribution in [3.8, 4) is 0 Å². The molecule has 2 atom stereocenters. The molecule has 3 heteroatoms. The van der Waals surface area contributed by atoms with E-state index in [0.717, 1.165) is 18.2 Å². The molecule has 0 bridgehead atoms. The van der Waals surface area contributed by atoms with Gasteiger partial charge in [0.2, 0.25) is 0 Å². The van der Waals surface area contributed by atoms with Crippen molar-refractivity contribution in [1.29, 1.82) is 0 Å². The molecule has 2 nitrogen and oxygen atoms in total. The van der Waals surface area contributed by atoms with Gasteiger partial charge in [-0.15, -0.1) is 0 Å². The molecule has 0 radical (unpaired) electrons. The lowest BCUT2D eigenvalue weighted by Gasteiger charge is -2.32. The number of nitrogens with two attached hydrogens (primary N) is 1. The summed E-state index contributed by atoms with van der Waals surface area (Å²) < 4.78 is 0. The molecule has 0 aromatic rings. The molecule has 0 aromatic carbocycles. The molecule has 90 valence electrons. The molecule has 1 rings (SSSR count). The first-order valence-corrected chi connectivity index (χ1v) is 7.43. The molecule has 0 spiro atoms. The highest BCUT2D eigenvalue weighted by Gasteiger charge is 2.17. The normalized spacial score (nSPS) is 25.4. The minimum atomic E-state index is 0.402. The quantitative estimate of drug-likeness (QED) is 0.710. The third kappa shape index (κ3) is 5.23. The minimum Gasteiger partial charge on any atom is -0.327 e. The van der Waals surface area contributed by atoms with Crippen LogP contribution in [-0.2, 0) is 0 Å². The molecule has 0 aromatic heterocycles. The second-order valence-corrected chi connectivity index (χ2v) is 5.81. The SMILES string of the molecule is CCC(N)CSCCC1CCCCN1C. The van der Waals surface area contributed by atoms with Gasteiger partial charge in [0.05, 0.1) is 0 Å². The molecule has 1 saturated heterocycles. The van der Waals surface area contributed by atoms with Gasteiger partial charge in [0.25, 0.3) is 0 Å². The lowest BCUT2D eigenvalue weighted by molar-refractivity contribution is 0.182. The van der Waals surface area contributed by atoms with Gasteiger partial charge in [-0.3, -0.25) is 0 Å². The third-order valence-corrected chi connectivity index (χ3v) is 4.56. The molecular weight excluding hydrogens is 204 g/mol. The Bertz CT molecular complexity index is 164. The van der Waals surface area contributed by atoms with Gasteiger partial charge < -0.3 is 10.6 Å². The Morgan fingerprint density at radius 2 is 2.27 bits per heavy atom. The van der Waals surface area contributed by atoms with Crippen LogP contribution in [0.25, 0.3) is 0 Å². The van der Waals surface area contributed by atoms with E-state index in [0.29, 0.717) is 6.04 Å². The molecule has 1 aliphatic heterocycles. The van der Waals surface area contributed by atoms with E-state index in [-0.39, 0.29) is 0 Å². The number of hydrogen-bond acceptors (Lipinski definition) is 3. The first-order chi connectivity index (χ1) is 7.24. The molecule has 1 heterocycles. The molecule has 0 saturated carbocycles. The Balaban J connectivity index is 2.03. The Labute approximate surface area is 99.0 Å². The van der Waals surface area contributed by atoms with Gasteiger partial charge in [0, 0.05) is 17.8 Å². The summed E-state index contributed by atoms with van der Waals surface area (Å²) in [5.41, 5.74) is 5.89. The zero-order valence-corrected chi connectivity index (χ0v) is 11.1. The highest BCUT2D eigenvalue weighted by atomic mass is 32.2. The van der Waals surface area contributed by atoms with E-state index in [4.69, 9.17) is 5.73 Å². The van der Waals surface area contributed by atoms with Gasteiger partial charge >= 0.3 is 0 Å². The average molecular weight is 230 g/mol. The van der Waals surface area contributed by atoms with Crippen LogP contribution < -0.4 is 5.73 Å². The number of rotatable bonds is 6. The summed E-state index contributed by atoms with van der Waals surface area (Å²) in [7, 11) is 2.27. The molecular formula is C12H26N2S. The predicted octanol–water partition coefficient (Wildman–Crippen LogP) is 2.33. The van der Waals surface area contributed by atoms with Crippen molar-refractivity contribution in [1.82, 2.24) is 4.90 Å². The van der Waals surface area contributed by atoms with Crippen molar-refractivity contribution in [2.45, 2.75) is 51.1 Å². The van der Waals surface area contributed by atoms with Crippen molar-refractivity contribution in [3.63, 3.8) is 0 Å². The summed E-state index contributed by atoms with van der Waals surface area (Å²) in [6.45, 7) is 3.46. The van der Waals surface area contributed by atoms with Crippen LogP contribution in [0.1, 0.15) is 39.0 Å². The van der Waals surface area contributed by atoms with Crippen molar-refractivity contribution in [2.24, 2.45) is 5.73 Å². The summed E-state index contributed by atoms with van der Waals surface area (Å²) in [6.07, 6.45) is 6.67. The van der Waals surface area contributed by atoms with Crippen LogP contribution in [0, 0.1) is 0 Å². The largest absolute Gasteiger partial charge is 0.327 e. The number of thioether (sulfide) groups is 1. The molecule has 2 unspecified atom stereocenters. The van der Waals surface area contributed by atoms with Crippen LogP contribution in [0.3, 0.4) is 0 Å². The van der Waals surface area contributed by atoms with Gasteiger partial charge in [0.1, 0.15) is 0 Å². The fourth-order valence-electron chi connectivity index (χ4n) is 2.08. The van der Waals surface area contributed by atoms with Gasteiger partial charge in [-0.2, -0.15) is 11.8 Å². The van der Waals surface area contributed by atoms with Crippen LogP contribution >= 0.6 is 11.8 Å². The van der Waals surface area contributed by atoms with E-state index in [9.17, 15) is 0 Å². The number of nitrogens with zero attached hydrogens (tertiary/aromatic N) is 1. The van der Waals surface area contributed by atoms with E-state index in [1.54, 1.807) is 0 Å². The number of hydrogen-bond donors (Lipinski definition) is 1. The molecule has 0 aliphatic carbocycles. The summed E-state index contributed by atoms with van der Waals surface area (Å²) in [5, 5.41) is 0. The Morgan fingerprint density at radius 3 is 2.93 bits per heavy atom. The highest BCUT2D eigenvalue weighted by molar-refractivity contribution is 7.99. The van der Waals surface area contributed by atoms with Crippen LogP contribution in [0.15, 0.2) is 0 Å². The fraction of sp³-hybridized carbons (Fsp3) is 1.00. The molecule has 15 heavy (non-hydrogen) atoms. The van der Waals surface area contributed by atoms with Gasteiger partial charge in [-0.1, -0.05) is 13.3 Å². The maximum Gasteiger partial charge on any atom is 0.0127 e. The Morgan fingerprint density at radius 1 is 1.47 bits per heavy atom. The second-order valence-electron chi connectivity index (χ2n) is 4.66. The van der Waals surface area contributed by atoms with Crippen molar-refractivity contribution in [2.75, 3.05) is 25.1 Å². The van der Waals surface area contributed by atoms with Crippen LogP contribution in [0.4, 0.5) is 0 Å². The molecule has 0 amide bonds. The zero-order valence-electron chi connectivity index (χ0n) is 10.2. The highest BCUT2D eigenvalue weighted by Crippen LogP contribution is 2.19. The summed E-state index contributed by atoms with van der Waals surface area (Å²) in [5.74, 6) is 2.41. The standard InChI is InChI=1S/C12H26N2S/c1-3-11(13)10-15-9-7-12-6-4-5-8-14(12)2/h11-12H,3-10,13H2,1-2H3. The Kier molecular flexibility index (Phi) is 6.69. The zero-order chi connectivity index (χ0) is 11.1. The summed E-state index contributed by atoms with van der Waals surface area (Å²) >= 11 is 2.03. The lowest BCUT2D eigenvalue weighted by atomic mass is 10.0. The topological polar surface area (TPSA) is 29.3 Å². The monoisotopic (exact) mass is 230 g/mol. The van der Waals surface area contributed by atoms with Gasteiger partial charge in [-0.05, 0) is 45.0 Å². The van der Waals surface area contributed by atoms with Crippen LogP contribution in [0.5, 0.6) is 0 Å². The van der Waals surface area contributed by atoms with Crippen LogP contribution in [-0.4, -0.2) is 42.1 Å². The van der Waals surface area contributed by atoms with Crippen molar-refractivity contribution < 1.29 is 0 Å². The molecule has 1 aliphatic rings. The molecule has 2 N–H and O–H groups in total. The predicted molar refractivity (Wildman–Crippen MR) is 70.5 cm³/mol. The summed E-state index contributed by atoms with van der Waals surface area (Å²) in [6, 6.07) is 1.24. The van der Waals surface area contributed by atoms with Crippen molar-refractivity contribution in [3.05, 3.63) is 0 Å². The molecule has 1 fully saturated rings. The first kappa shape index (κ1) is 13.3. The second kappa shape index (κ2) is 7.53. The smallest absolute Gasteiger partial charge is 0.0127 e. The van der Waals surface area contributed by atoms with Gasteiger partial charge in [-0.25, -0.2) is 0 Å². The van der Waals surface area contributed by atoms with E-state index >= 15 is 0 Å². The average Bonchev–Trinajstić information content (AvgIpc) is 2.26.